The standard InChI is InChI=1S/C16H26N4O/c1-12(2)16-18-11-15(20-6-3-8-21-9-7-20)14(19-16)10-17-13-4-5-13/h11-13,17H,3-10H2,1-2H3. The van der Waals surface area contributed by atoms with Crippen molar-refractivity contribution in [3.8, 4) is 0 Å². The molecule has 3 rings (SSSR count). The molecule has 2 fully saturated rings. The van der Waals surface area contributed by atoms with E-state index in [0.717, 1.165) is 50.8 Å². The van der Waals surface area contributed by atoms with E-state index < -0.39 is 0 Å². The Morgan fingerprint density at radius 2 is 2.19 bits per heavy atom. The number of ether oxygens (including phenoxy) is 1. The van der Waals surface area contributed by atoms with Crippen LogP contribution in [0.3, 0.4) is 0 Å². The van der Waals surface area contributed by atoms with Gasteiger partial charge in [-0.2, -0.15) is 0 Å². The molecule has 21 heavy (non-hydrogen) atoms. The predicted molar refractivity (Wildman–Crippen MR) is 83.6 cm³/mol. The number of nitrogens with one attached hydrogen (secondary N) is 1. The number of anilines is 1. The van der Waals surface area contributed by atoms with E-state index in [2.05, 4.69) is 29.0 Å². The van der Waals surface area contributed by atoms with Gasteiger partial charge in [-0.3, -0.25) is 0 Å². The SMILES string of the molecule is CC(C)c1ncc(N2CCCOCC2)c(CNC2CC2)n1. The summed E-state index contributed by atoms with van der Waals surface area (Å²) in [6.07, 6.45) is 5.68. The highest BCUT2D eigenvalue weighted by Gasteiger charge is 2.22. The Hall–Kier alpha value is -1.20. The van der Waals surface area contributed by atoms with E-state index in [0.29, 0.717) is 12.0 Å². The molecule has 0 bridgehead atoms. The molecule has 0 spiro atoms. The summed E-state index contributed by atoms with van der Waals surface area (Å²) in [6, 6.07) is 0.697. The topological polar surface area (TPSA) is 50.3 Å². The molecule has 0 amide bonds. The molecule has 2 aliphatic rings. The minimum absolute atomic E-state index is 0.367. The third-order valence-electron chi connectivity index (χ3n) is 4.08. The molecule has 1 saturated heterocycles. The predicted octanol–water partition coefficient (Wildman–Crippen LogP) is 2.08. The number of nitrogens with zero attached hydrogens (tertiary/aromatic N) is 3. The van der Waals surface area contributed by atoms with Crippen LogP contribution in [0, 0.1) is 0 Å². The number of rotatable bonds is 5. The van der Waals surface area contributed by atoms with Gasteiger partial charge < -0.3 is 15.0 Å². The lowest BCUT2D eigenvalue weighted by atomic mass is 10.2. The van der Waals surface area contributed by atoms with Crippen LogP contribution in [0.2, 0.25) is 0 Å². The van der Waals surface area contributed by atoms with Gasteiger partial charge in [0.2, 0.25) is 0 Å². The second-order valence-electron chi connectivity index (χ2n) is 6.32. The largest absolute Gasteiger partial charge is 0.380 e. The van der Waals surface area contributed by atoms with E-state index in [9.17, 15) is 0 Å². The minimum Gasteiger partial charge on any atom is -0.380 e. The van der Waals surface area contributed by atoms with Crippen molar-refractivity contribution in [1.82, 2.24) is 15.3 Å². The molecule has 1 aliphatic heterocycles. The van der Waals surface area contributed by atoms with Gasteiger partial charge >= 0.3 is 0 Å². The Bertz CT molecular complexity index is 465. The molecule has 2 heterocycles. The average molecular weight is 290 g/mol. The summed E-state index contributed by atoms with van der Waals surface area (Å²) in [5, 5.41) is 3.59. The van der Waals surface area contributed by atoms with E-state index in [4.69, 9.17) is 9.72 Å². The van der Waals surface area contributed by atoms with E-state index in [1.54, 1.807) is 0 Å². The summed E-state index contributed by atoms with van der Waals surface area (Å²) < 4.78 is 5.56. The Morgan fingerprint density at radius 1 is 1.33 bits per heavy atom. The third-order valence-corrected chi connectivity index (χ3v) is 4.08. The number of aromatic nitrogens is 2. The normalized spacial score (nSPS) is 19.9. The first-order valence-electron chi connectivity index (χ1n) is 8.16. The lowest BCUT2D eigenvalue weighted by molar-refractivity contribution is 0.152. The van der Waals surface area contributed by atoms with Gasteiger partial charge in [0, 0.05) is 38.2 Å². The lowest BCUT2D eigenvalue weighted by Crippen LogP contribution is -2.29. The van der Waals surface area contributed by atoms with E-state index in [1.807, 2.05) is 6.20 Å². The molecule has 1 aliphatic carbocycles. The van der Waals surface area contributed by atoms with Crippen molar-refractivity contribution in [2.45, 2.75) is 51.6 Å². The van der Waals surface area contributed by atoms with Crippen molar-refractivity contribution in [1.29, 1.82) is 0 Å². The molecule has 1 saturated carbocycles. The molecule has 0 aromatic carbocycles. The monoisotopic (exact) mass is 290 g/mol. The Balaban J connectivity index is 1.81. The van der Waals surface area contributed by atoms with Crippen LogP contribution in [0.5, 0.6) is 0 Å². The molecule has 0 radical (unpaired) electrons. The summed E-state index contributed by atoms with van der Waals surface area (Å²) >= 11 is 0. The van der Waals surface area contributed by atoms with Gasteiger partial charge in [0.05, 0.1) is 24.2 Å². The van der Waals surface area contributed by atoms with E-state index in [1.165, 1.54) is 18.5 Å². The molecule has 116 valence electrons. The van der Waals surface area contributed by atoms with E-state index in [-0.39, 0.29) is 0 Å². The van der Waals surface area contributed by atoms with Gasteiger partial charge in [-0.25, -0.2) is 9.97 Å². The fraction of sp³-hybridized carbons (Fsp3) is 0.750. The number of hydrogen-bond donors (Lipinski definition) is 1. The maximum absolute atomic E-state index is 5.56. The molecule has 5 heteroatoms. The molecular weight excluding hydrogens is 264 g/mol. The highest BCUT2D eigenvalue weighted by atomic mass is 16.5. The van der Waals surface area contributed by atoms with Crippen LogP contribution in [0.4, 0.5) is 5.69 Å². The van der Waals surface area contributed by atoms with Crippen molar-refractivity contribution in [2.24, 2.45) is 0 Å². The first kappa shape index (κ1) is 14.7. The van der Waals surface area contributed by atoms with Gasteiger partial charge in [-0.1, -0.05) is 13.8 Å². The fourth-order valence-electron chi connectivity index (χ4n) is 2.61. The van der Waals surface area contributed by atoms with Crippen molar-refractivity contribution in [3.05, 3.63) is 17.7 Å². The van der Waals surface area contributed by atoms with Crippen LogP contribution in [-0.4, -0.2) is 42.3 Å². The first-order valence-corrected chi connectivity index (χ1v) is 8.16. The van der Waals surface area contributed by atoms with Crippen LogP contribution in [0.1, 0.15) is 50.5 Å². The van der Waals surface area contributed by atoms with Crippen LogP contribution in [-0.2, 0) is 11.3 Å². The minimum atomic E-state index is 0.367. The number of hydrogen-bond acceptors (Lipinski definition) is 5. The van der Waals surface area contributed by atoms with Crippen molar-refractivity contribution in [2.75, 3.05) is 31.2 Å². The molecule has 1 N–H and O–H groups in total. The average Bonchev–Trinajstić information content (AvgIpc) is 3.31. The summed E-state index contributed by atoms with van der Waals surface area (Å²) in [4.78, 5) is 11.8. The van der Waals surface area contributed by atoms with Gasteiger partial charge in [0.25, 0.3) is 0 Å². The zero-order chi connectivity index (χ0) is 14.7. The molecule has 0 unspecified atom stereocenters. The molecular formula is C16H26N4O. The molecule has 1 aromatic heterocycles. The Kier molecular flexibility index (Phi) is 4.70. The zero-order valence-electron chi connectivity index (χ0n) is 13.1. The molecule has 5 nitrogen and oxygen atoms in total. The van der Waals surface area contributed by atoms with Crippen molar-refractivity contribution >= 4 is 5.69 Å². The smallest absolute Gasteiger partial charge is 0.131 e. The maximum atomic E-state index is 5.56. The first-order chi connectivity index (χ1) is 10.2. The summed E-state index contributed by atoms with van der Waals surface area (Å²) in [5.41, 5.74) is 2.32. The Labute approximate surface area is 127 Å². The highest BCUT2D eigenvalue weighted by molar-refractivity contribution is 5.49. The quantitative estimate of drug-likeness (QED) is 0.900. The summed E-state index contributed by atoms with van der Waals surface area (Å²) in [5.74, 6) is 1.31. The van der Waals surface area contributed by atoms with Gasteiger partial charge in [0.1, 0.15) is 5.82 Å². The lowest BCUT2D eigenvalue weighted by Gasteiger charge is -2.24. The highest BCUT2D eigenvalue weighted by Crippen LogP contribution is 2.24. The van der Waals surface area contributed by atoms with Crippen LogP contribution >= 0.6 is 0 Å². The van der Waals surface area contributed by atoms with Gasteiger partial charge in [-0.05, 0) is 19.3 Å². The Morgan fingerprint density at radius 3 is 2.95 bits per heavy atom. The fourth-order valence-corrected chi connectivity index (χ4v) is 2.61. The zero-order valence-corrected chi connectivity index (χ0v) is 13.1. The third kappa shape index (κ3) is 3.92. The van der Waals surface area contributed by atoms with Crippen molar-refractivity contribution in [3.63, 3.8) is 0 Å². The molecule has 1 aromatic rings. The van der Waals surface area contributed by atoms with Crippen molar-refractivity contribution < 1.29 is 4.74 Å². The second-order valence-corrected chi connectivity index (χ2v) is 6.32. The van der Waals surface area contributed by atoms with E-state index >= 15 is 0 Å². The van der Waals surface area contributed by atoms with Crippen LogP contribution < -0.4 is 10.2 Å². The van der Waals surface area contributed by atoms with Gasteiger partial charge in [0.15, 0.2) is 0 Å². The summed E-state index contributed by atoms with van der Waals surface area (Å²) in [7, 11) is 0. The van der Waals surface area contributed by atoms with Crippen LogP contribution in [0.25, 0.3) is 0 Å². The summed E-state index contributed by atoms with van der Waals surface area (Å²) in [6.45, 7) is 8.75. The maximum Gasteiger partial charge on any atom is 0.131 e. The molecule has 0 atom stereocenters. The van der Waals surface area contributed by atoms with Crippen LogP contribution in [0.15, 0.2) is 6.20 Å². The second kappa shape index (κ2) is 6.71. The van der Waals surface area contributed by atoms with Gasteiger partial charge in [-0.15, -0.1) is 0 Å².